The monoisotopic (exact) mass is 185 g/mol. The highest BCUT2D eigenvalue weighted by atomic mass is 16.3. The van der Waals surface area contributed by atoms with E-state index in [0.29, 0.717) is 0 Å². The van der Waals surface area contributed by atoms with Gasteiger partial charge in [-0.3, -0.25) is 4.79 Å². The van der Waals surface area contributed by atoms with Gasteiger partial charge in [0, 0.05) is 5.92 Å². The third-order valence-electron chi connectivity index (χ3n) is 2.19. The molecule has 0 aliphatic carbocycles. The first-order chi connectivity index (χ1) is 6.04. The summed E-state index contributed by atoms with van der Waals surface area (Å²) in [5.74, 6) is -0.0994. The van der Waals surface area contributed by atoms with E-state index in [4.69, 9.17) is 5.73 Å². The highest BCUT2D eigenvalue weighted by molar-refractivity contribution is 5.79. The zero-order valence-electron chi connectivity index (χ0n) is 8.58. The van der Waals surface area contributed by atoms with Gasteiger partial charge in [-0.05, 0) is 26.3 Å². The fourth-order valence-electron chi connectivity index (χ4n) is 1.35. The van der Waals surface area contributed by atoms with Gasteiger partial charge in [-0.15, -0.1) is 0 Å². The number of aliphatic hydroxyl groups is 1. The summed E-state index contributed by atoms with van der Waals surface area (Å²) in [7, 11) is 0. The van der Waals surface area contributed by atoms with Crippen LogP contribution < -0.4 is 5.73 Å². The van der Waals surface area contributed by atoms with Crippen LogP contribution in [0.3, 0.4) is 0 Å². The van der Waals surface area contributed by atoms with Gasteiger partial charge >= 0.3 is 0 Å². The summed E-state index contributed by atoms with van der Waals surface area (Å²) in [6, 6.07) is -0.539. The maximum Gasteiger partial charge on any atom is 0.134 e. The third kappa shape index (κ3) is 3.59. The Morgan fingerprint density at radius 2 is 2.15 bits per heavy atom. The number of carbonyl (C=O) groups excluding carboxylic acids is 1. The molecule has 0 bridgehead atoms. The molecular weight excluding hydrogens is 166 g/mol. The SMILES string of the molecule is C/C=C(\O)C(N)C(CCC)C(C)=O. The zero-order valence-corrected chi connectivity index (χ0v) is 8.58. The van der Waals surface area contributed by atoms with E-state index in [2.05, 4.69) is 0 Å². The summed E-state index contributed by atoms with van der Waals surface area (Å²) in [5.41, 5.74) is 5.72. The molecule has 0 fully saturated rings. The number of rotatable bonds is 5. The molecule has 0 amide bonds. The number of hydrogen-bond donors (Lipinski definition) is 2. The molecule has 2 atom stereocenters. The number of ketones is 1. The van der Waals surface area contributed by atoms with Gasteiger partial charge in [-0.25, -0.2) is 0 Å². The Labute approximate surface area is 79.6 Å². The van der Waals surface area contributed by atoms with Gasteiger partial charge in [0.15, 0.2) is 0 Å². The Hall–Kier alpha value is -0.830. The second kappa shape index (κ2) is 5.75. The lowest BCUT2D eigenvalue weighted by Crippen LogP contribution is -2.36. The average Bonchev–Trinajstić information content (AvgIpc) is 2.11. The normalized spacial score (nSPS) is 16.8. The topological polar surface area (TPSA) is 63.3 Å². The highest BCUT2D eigenvalue weighted by Gasteiger charge is 2.23. The molecule has 0 aliphatic rings. The van der Waals surface area contributed by atoms with Crippen molar-refractivity contribution in [1.29, 1.82) is 0 Å². The first kappa shape index (κ1) is 12.2. The molecule has 0 radical (unpaired) electrons. The van der Waals surface area contributed by atoms with Crippen LogP contribution >= 0.6 is 0 Å². The van der Waals surface area contributed by atoms with E-state index < -0.39 is 6.04 Å². The van der Waals surface area contributed by atoms with Crippen LogP contribution in [0.5, 0.6) is 0 Å². The molecule has 0 spiro atoms. The standard InChI is InChI=1S/C10H19NO2/c1-4-6-8(7(3)12)10(11)9(13)5-2/h5,8,10,13H,4,6,11H2,1-3H3/b9-5-. The second-order valence-corrected chi connectivity index (χ2v) is 3.25. The van der Waals surface area contributed by atoms with Gasteiger partial charge in [0.25, 0.3) is 0 Å². The van der Waals surface area contributed by atoms with Crippen molar-refractivity contribution < 1.29 is 9.90 Å². The molecule has 0 saturated heterocycles. The van der Waals surface area contributed by atoms with Crippen LogP contribution in [0.2, 0.25) is 0 Å². The quantitative estimate of drug-likeness (QED) is 0.642. The lowest BCUT2D eigenvalue weighted by molar-refractivity contribution is -0.121. The largest absolute Gasteiger partial charge is 0.511 e. The molecule has 0 aromatic heterocycles. The van der Waals surface area contributed by atoms with Crippen LogP contribution in [0.15, 0.2) is 11.8 Å². The van der Waals surface area contributed by atoms with Crippen LogP contribution in [0.1, 0.15) is 33.6 Å². The molecule has 0 aromatic rings. The van der Waals surface area contributed by atoms with Gasteiger partial charge < -0.3 is 10.8 Å². The number of aliphatic hydroxyl groups excluding tert-OH is 1. The van der Waals surface area contributed by atoms with E-state index in [0.717, 1.165) is 12.8 Å². The van der Waals surface area contributed by atoms with Crippen LogP contribution in [0, 0.1) is 5.92 Å². The van der Waals surface area contributed by atoms with E-state index in [1.165, 1.54) is 13.0 Å². The number of allylic oxidation sites excluding steroid dienone is 1. The van der Waals surface area contributed by atoms with Crippen molar-refractivity contribution in [1.82, 2.24) is 0 Å². The lowest BCUT2D eigenvalue weighted by atomic mass is 9.90. The Morgan fingerprint density at radius 1 is 1.62 bits per heavy atom. The number of nitrogens with two attached hydrogens (primary N) is 1. The minimum Gasteiger partial charge on any atom is -0.511 e. The molecule has 0 aliphatic heterocycles. The van der Waals surface area contributed by atoms with Crippen LogP contribution in [0.25, 0.3) is 0 Å². The first-order valence-electron chi connectivity index (χ1n) is 4.65. The Morgan fingerprint density at radius 3 is 2.46 bits per heavy atom. The number of Topliss-reactive ketones (excluding diaryl/α,β-unsaturated/α-hetero) is 1. The maximum atomic E-state index is 11.2. The van der Waals surface area contributed by atoms with Crippen molar-refractivity contribution in [2.75, 3.05) is 0 Å². The van der Waals surface area contributed by atoms with Gasteiger partial charge in [-0.1, -0.05) is 13.3 Å². The molecular formula is C10H19NO2. The third-order valence-corrected chi connectivity index (χ3v) is 2.19. The number of hydrogen-bond acceptors (Lipinski definition) is 3. The molecule has 76 valence electrons. The predicted octanol–water partition coefficient (Wildman–Crippen LogP) is 1.78. The fourth-order valence-corrected chi connectivity index (χ4v) is 1.35. The van der Waals surface area contributed by atoms with Crippen molar-refractivity contribution in [3.05, 3.63) is 11.8 Å². The van der Waals surface area contributed by atoms with Crippen molar-refractivity contribution >= 4 is 5.78 Å². The molecule has 3 N–H and O–H groups in total. The van der Waals surface area contributed by atoms with Gasteiger partial charge in [-0.2, -0.15) is 0 Å². The minimum atomic E-state index is -0.539. The van der Waals surface area contributed by atoms with Crippen molar-refractivity contribution in [2.45, 2.75) is 39.7 Å². The van der Waals surface area contributed by atoms with Crippen molar-refractivity contribution in [3.63, 3.8) is 0 Å². The molecule has 3 heteroatoms. The van der Waals surface area contributed by atoms with E-state index in [1.807, 2.05) is 6.92 Å². The second-order valence-electron chi connectivity index (χ2n) is 3.25. The predicted molar refractivity (Wildman–Crippen MR) is 53.4 cm³/mol. The Bertz CT molecular complexity index is 199. The maximum absolute atomic E-state index is 11.2. The van der Waals surface area contributed by atoms with E-state index in [-0.39, 0.29) is 17.5 Å². The van der Waals surface area contributed by atoms with Gasteiger partial charge in [0.2, 0.25) is 0 Å². The van der Waals surface area contributed by atoms with Crippen molar-refractivity contribution in [2.24, 2.45) is 11.7 Å². The molecule has 0 aromatic carbocycles. The molecule has 13 heavy (non-hydrogen) atoms. The molecule has 0 heterocycles. The van der Waals surface area contributed by atoms with E-state index >= 15 is 0 Å². The number of carbonyl (C=O) groups is 1. The van der Waals surface area contributed by atoms with E-state index in [1.54, 1.807) is 6.92 Å². The first-order valence-corrected chi connectivity index (χ1v) is 4.65. The van der Waals surface area contributed by atoms with Crippen LogP contribution in [-0.2, 0) is 4.79 Å². The summed E-state index contributed by atoms with van der Waals surface area (Å²) in [6.07, 6.45) is 3.17. The minimum absolute atomic E-state index is 0.0442. The van der Waals surface area contributed by atoms with Crippen LogP contribution in [0.4, 0.5) is 0 Å². The molecule has 0 saturated carbocycles. The van der Waals surface area contributed by atoms with Gasteiger partial charge in [0.1, 0.15) is 11.5 Å². The summed E-state index contributed by atoms with van der Waals surface area (Å²) < 4.78 is 0. The molecule has 3 nitrogen and oxygen atoms in total. The average molecular weight is 185 g/mol. The summed E-state index contributed by atoms with van der Waals surface area (Å²) in [6.45, 7) is 5.22. The van der Waals surface area contributed by atoms with E-state index in [9.17, 15) is 9.90 Å². The summed E-state index contributed by atoms with van der Waals surface area (Å²) >= 11 is 0. The van der Waals surface area contributed by atoms with Gasteiger partial charge in [0.05, 0.1) is 6.04 Å². The molecule has 0 rings (SSSR count). The smallest absolute Gasteiger partial charge is 0.134 e. The van der Waals surface area contributed by atoms with Crippen LogP contribution in [-0.4, -0.2) is 16.9 Å². The fraction of sp³-hybridized carbons (Fsp3) is 0.700. The Kier molecular flexibility index (Phi) is 5.39. The lowest BCUT2D eigenvalue weighted by Gasteiger charge is -2.20. The summed E-state index contributed by atoms with van der Waals surface area (Å²) in [5, 5.41) is 9.36. The van der Waals surface area contributed by atoms with Crippen molar-refractivity contribution in [3.8, 4) is 0 Å². The summed E-state index contributed by atoms with van der Waals surface area (Å²) in [4.78, 5) is 11.2. The Balaban J connectivity index is 4.45. The zero-order chi connectivity index (χ0) is 10.4. The highest BCUT2D eigenvalue weighted by Crippen LogP contribution is 2.15. The molecule has 2 unspecified atom stereocenters.